The number of rotatable bonds is 5. The van der Waals surface area contributed by atoms with Gasteiger partial charge in [-0.2, -0.15) is 0 Å². The zero-order valence-electron chi connectivity index (χ0n) is 12.2. The van der Waals surface area contributed by atoms with E-state index in [1.807, 2.05) is 19.1 Å². The van der Waals surface area contributed by atoms with Gasteiger partial charge >= 0.3 is 0 Å². The molecule has 4 nitrogen and oxygen atoms in total. The Balaban J connectivity index is 2.04. The van der Waals surface area contributed by atoms with E-state index in [4.69, 9.17) is 0 Å². The van der Waals surface area contributed by atoms with Crippen molar-refractivity contribution in [2.24, 2.45) is 0 Å². The fourth-order valence-electron chi connectivity index (χ4n) is 2.21. The minimum atomic E-state index is 0.0378. The first-order chi connectivity index (χ1) is 9.58. The van der Waals surface area contributed by atoms with E-state index < -0.39 is 0 Å². The minimum absolute atomic E-state index is 0.0378. The van der Waals surface area contributed by atoms with Crippen LogP contribution in [0.3, 0.4) is 0 Å². The molecule has 0 radical (unpaired) electrons. The lowest BCUT2D eigenvalue weighted by molar-refractivity contribution is -0.116. The van der Waals surface area contributed by atoms with Crippen molar-refractivity contribution in [3.8, 4) is 0 Å². The molecule has 1 heterocycles. The summed E-state index contributed by atoms with van der Waals surface area (Å²) in [5.41, 5.74) is 4.22. The van der Waals surface area contributed by atoms with Crippen molar-refractivity contribution < 1.29 is 4.79 Å². The van der Waals surface area contributed by atoms with Crippen molar-refractivity contribution in [3.63, 3.8) is 0 Å². The van der Waals surface area contributed by atoms with Gasteiger partial charge in [0.1, 0.15) is 0 Å². The summed E-state index contributed by atoms with van der Waals surface area (Å²) >= 11 is 0. The van der Waals surface area contributed by atoms with Crippen molar-refractivity contribution >= 4 is 11.6 Å². The molecule has 0 saturated carbocycles. The van der Waals surface area contributed by atoms with Gasteiger partial charge in [0.2, 0.25) is 5.91 Å². The molecule has 0 aliphatic rings. The van der Waals surface area contributed by atoms with Gasteiger partial charge in [0, 0.05) is 24.0 Å². The van der Waals surface area contributed by atoms with E-state index in [9.17, 15) is 4.79 Å². The molecule has 106 valence electrons. The van der Waals surface area contributed by atoms with Gasteiger partial charge in [-0.3, -0.25) is 4.79 Å². The SMILES string of the molecule is Cc1cccc(C(C)C)c1NC(=O)CCc1cnc[nH]1. The van der Waals surface area contributed by atoms with Crippen LogP contribution >= 0.6 is 0 Å². The number of nitrogens with one attached hydrogen (secondary N) is 2. The van der Waals surface area contributed by atoms with Crippen molar-refractivity contribution in [3.05, 3.63) is 47.5 Å². The van der Waals surface area contributed by atoms with Crippen LogP contribution in [0.2, 0.25) is 0 Å². The Morgan fingerprint density at radius 2 is 2.20 bits per heavy atom. The van der Waals surface area contributed by atoms with E-state index in [0.29, 0.717) is 18.8 Å². The number of imidazole rings is 1. The van der Waals surface area contributed by atoms with Crippen LogP contribution < -0.4 is 5.32 Å². The van der Waals surface area contributed by atoms with Gasteiger partial charge < -0.3 is 10.3 Å². The molecule has 20 heavy (non-hydrogen) atoms. The Labute approximate surface area is 119 Å². The van der Waals surface area contributed by atoms with Crippen LogP contribution in [0.15, 0.2) is 30.7 Å². The maximum absolute atomic E-state index is 12.1. The van der Waals surface area contributed by atoms with Crippen molar-refractivity contribution in [1.82, 2.24) is 9.97 Å². The molecule has 2 aromatic rings. The molecule has 0 bridgehead atoms. The zero-order valence-corrected chi connectivity index (χ0v) is 12.2. The molecule has 1 aromatic carbocycles. The number of amides is 1. The summed E-state index contributed by atoms with van der Waals surface area (Å²) in [6, 6.07) is 6.13. The third-order valence-electron chi connectivity index (χ3n) is 3.37. The number of hydrogen-bond acceptors (Lipinski definition) is 2. The van der Waals surface area contributed by atoms with Crippen LogP contribution in [0, 0.1) is 6.92 Å². The van der Waals surface area contributed by atoms with Crippen LogP contribution in [-0.2, 0) is 11.2 Å². The Kier molecular flexibility index (Phi) is 4.56. The summed E-state index contributed by atoms with van der Waals surface area (Å²) in [5.74, 6) is 0.425. The molecule has 0 aliphatic heterocycles. The van der Waals surface area contributed by atoms with E-state index in [1.54, 1.807) is 12.5 Å². The fraction of sp³-hybridized carbons (Fsp3) is 0.375. The summed E-state index contributed by atoms with van der Waals surface area (Å²) in [4.78, 5) is 19.0. The Morgan fingerprint density at radius 1 is 1.40 bits per heavy atom. The van der Waals surface area contributed by atoms with Crippen molar-refractivity contribution in [2.45, 2.75) is 39.5 Å². The Hall–Kier alpha value is -2.10. The van der Waals surface area contributed by atoms with Gasteiger partial charge in [0.15, 0.2) is 0 Å². The lowest BCUT2D eigenvalue weighted by Gasteiger charge is -2.16. The highest BCUT2D eigenvalue weighted by atomic mass is 16.1. The molecule has 1 aromatic heterocycles. The number of aryl methyl sites for hydroxylation is 2. The third-order valence-corrected chi connectivity index (χ3v) is 3.37. The third kappa shape index (κ3) is 3.47. The summed E-state index contributed by atoms with van der Waals surface area (Å²) in [7, 11) is 0. The van der Waals surface area contributed by atoms with Crippen LogP contribution in [0.5, 0.6) is 0 Å². The highest BCUT2D eigenvalue weighted by Gasteiger charge is 2.12. The molecular weight excluding hydrogens is 250 g/mol. The number of H-pyrrole nitrogens is 1. The average molecular weight is 271 g/mol. The first kappa shape index (κ1) is 14.3. The first-order valence-corrected chi connectivity index (χ1v) is 6.94. The number of carbonyl (C=O) groups excluding carboxylic acids is 1. The fourth-order valence-corrected chi connectivity index (χ4v) is 2.21. The molecule has 0 unspecified atom stereocenters. The Morgan fingerprint density at radius 3 is 2.85 bits per heavy atom. The van der Waals surface area contributed by atoms with E-state index in [1.165, 1.54) is 5.56 Å². The number of hydrogen-bond donors (Lipinski definition) is 2. The molecule has 1 amide bonds. The number of nitrogens with zero attached hydrogens (tertiary/aromatic N) is 1. The van der Waals surface area contributed by atoms with E-state index in [-0.39, 0.29) is 5.91 Å². The Bertz CT molecular complexity index is 573. The van der Waals surface area contributed by atoms with Crippen LogP contribution in [0.1, 0.15) is 43.0 Å². The molecule has 0 fully saturated rings. The predicted octanol–water partition coefficient (Wildman–Crippen LogP) is 3.41. The van der Waals surface area contributed by atoms with Gasteiger partial charge in [0.05, 0.1) is 6.33 Å². The van der Waals surface area contributed by atoms with E-state index in [0.717, 1.165) is 16.9 Å². The normalized spacial score (nSPS) is 10.8. The lowest BCUT2D eigenvalue weighted by atomic mass is 9.98. The van der Waals surface area contributed by atoms with Crippen LogP contribution in [0.25, 0.3) is 0 Å². The maximum atomic E-state index is 12.1. The molecule has 0 aliphatic carbocycles. The van der Waals surface area contributed by atoms with E-state index >= 15 is 0 Å². The van der Waals surface area contributed by atoms with Crippen LogP contribution in [-0.4, -0.2) is 15.9 Å². The lowest BCUT2D eigenvalue weighted by Crippen LogP contribution is -2.15. The quantitative estimate of drug-likeness (QED) is 0.875. The molecular formula is C16H21N3O. The van der Waals surface area contributed by atoms with E-state index in [2.05, 4.69) is 35.2 Å². The standard InChI is InChI=1S/C16H21N3O/c1-11(2)14-6-4-5-12(3)16(14)19-15(20)8-7-13-9-17-10-18-13/h4-6,9-11H,7-8H2,1-3H3,(H,17,18)(H,19,20). The highest BCUT2D eigenvalue weighted by Crippen LogP contribution is 2.27. The zero-order chi connectivity index (χ0) is 14.5. The van der Waals surface area contributed by atoms with Crippen molar-refractivity contribution in [1.29, 1.82) is 0 Å². The van der Waals surface area contributed by atoms with Gasteiger partial charge in [-0.1, -0.05) is 32.0 Å². The van der Waals surface area contributed by atoms with Crippen molar-refractivity contribution in [2.75, 3.05) is 5.32 Å². The second-order valence-electron chi connectivity index (χ2n) is 5.32. The average Bonchev–Trinajstić information content (AvgIpc) is 2.91. The molecule has 4 heteroatoms. The summed E-state index contributed by atoms with van der Waals surface area (Å²) in [6.07, 6.45) is 4.51. The van der Waals surface area contributed by atoms with Gasteiger partial charge in [-0.25, -0.2) is 4.98 Å². The molecule has 0 atom stereocenters. The maximum Gasteiger partial charge on any atom is 0.224 e. The topological polar surface area (TPSA) is 57.8 Å². The van der Waals surface area contributed by atoms with Gasteiger partial charge in [0.25, 0.3) is 0 Å². The number of aromatic amines is 1. The number of benzene rings is 1. The first-order valence-electron chi connectivity index (χ1n) is 6.94. The molecule has 2 N–H and O–H groups in total. The smallest absolute Gasteiger partial charge is 0.224 e. The molecule has 2 rings (SSSR count). The van der Waals surface area contributed by atoms with Gasteiger partial charge in [-0.05, 0) is 30.4 Å². The summed E-state index contributed by atoms with van der Waals surface area (Å²) in [6.45, 7) is 6.29. The molecule has 0 saturated heterocycles. The summed E-state index contributed by atoms with van der Waals surface area (Å²) < 4.78 is 0. The number of anilines is 1. The summed E-state index contributed by atoms with van der Waals surface area (Å²) in [5, 5.41) is 3.05. The molecule has 0 spiro atoms. The largest absolute Gasteiger partial charge is 0.348 e. The minimum Gasteiger partial charge on any atom is -0.348 e. The predicted molar refractivity (Wildman–Crippen MR) is 80.8 cm³/mol. The van der Waals surface area contributed by atoms with Crippen LogP contribution in [0.4, 0.5) is 5.69 Å². The second-order valence-corrected chi connectivity index (χ2v) is 5.32. The number of carbonyl (C=O) groups is 1. The van der Waals surface area contributed by atoms with Gasteiger partial charge in [-0.15, -0.1) is 0 Å². The number of aromatic nitrogens is 2. The highest BCUT2D eigenvalue weighted by molar-refractivity contribution is 5.92. The second kappa shape index (κ2) is 6.37. The monoisotopic (exact) mass is 271 g/mol. The number of para-hydroxylation sites is 1.